The van der Waals surface area contributed by atoms with Gasteiger partial charge >= 0.3 is 5.97 Å². The maximum absolute atomic E-state index is 11.1. The molecule has 31 heavy (non-hydrogen) atoms. The van der Waals surface area contributed by atoms with E-state index >= 15 is 0 Å². The predicted octanol–water partition coefficient (Wildman–Crippen LogP) is 6.63. The molecule has 1 heterocycles. The molecule has 3 aromatic carbocycles. The van der Waals surface area contributed by atoms with Gasteiger partial charge in [-0.25, -0.2) is 0 Å². The van der Waals surface area contributed by atoms with Crippen LogP contribution in [-0.4, -0.2) is 16.1 Å². The number of carboxylic acid groups (broad SMARTS) is 1. The number of carbonyl (C=O) groups is 1. The van der Waals surface area contributed by atoms with Crippen molar-refractivity contribution in [2.75, 3.05) is 0 Å². The summed E-state index contributed by atoms with van der Waals surface area (Å²) in [4.78, 5) is 15.6. The first-order valence-electron chi connectivity index (χ1n) is 10.0. The predicted molar refractivity (Wildman–Crippen MR) is 124 cm³/mol. The normalized spacial score (nSPS) is 12.0. The third kappa shape index (κ3) is 4.39. The SMILES string of the molecule is Cc1cnc2c(Cl)cccc2c1-c1cccc(OCc2ccc([C@@H](C)C(=O)O)cc2)c1. The van der Waals surface area contributed by atoms with Crippen molar-refractivity contribution in [1.82, 2.24) is 4.98 Å². The molecule has 0 amide bonds. The number of rotatable bonds is 6. The molecule has 1 aromatic heterocycles. The number of hydrogen-bond donors (Lipinski definition) is 1. The molecule has 0 bridgehead atoms. The summed E-state index contributed by atoms with van der Waals surface area (Å²) in [5, 5.41) is 10.8. The van der Waals surface area contributed by atoms with Crippen LogP contribution in [0.15, 0.2) is 72.9 Å². The molecule has 4 nitrogen and oxygen atoms in total. The summed E-state index contributed by atoms with van der Waals surface area (Å²) in [7, 11) is 0. The molecule has 0 aliphatic rings. The van der Waals surface area contributed by atoms with E-state index in [0.29, 0.717) is 11.6 Å². The zero-order valence-electron chi connectivity index (χ0n) is 17.3. The lowest BCUT2D eigenvalue weighted by Gasteiger charge is -2.13. The summed E-state index contributed by atoms with van der Waals surface area (Å²) < 4.78 is 6.02. The van der Waals surface area contributed by atoms with E-state index in [4.69, 9.17) is 21.4 Å². The Kier molecular flexibility index (Phi) is 5.92. The number of nitrogens with zero attached hydrogens (tertiary/aromatic N) is 1. The second kappa shape index (κ2) is 8.78. The van der Waals surface area contributed by atoms with Crippen molar-refractivity contribution in [2.45, 2.75) is 26.4 Å². The first-order chi connectivity index (χ1) is 14.9. The Morgan fingerprint density at radius 3 is 2.58 bits per heavy atom. The van der Waals surface area contributed by atoms with Crippen molar-refractivity contribution < 1.29 is 14.6 Å². The minimum Gasteiger partial charge on any atom is -0.489 e. The maximum atomic E-state index is 11.1. The van der Waals surface area contributed by atoms with E-state index in [2.05, 4.69) is 11.1 Å². The highest BCUT2D eigenvalue weighted by molar-refractivity contribution is 6.35. The fraction of sp³-hybridized carbons (Fsp3) is 0.154. The van der Waals surface area contributed by atoms with Gasteiger partial charge in [-0.1, -0.05) is 60.1 Å². The average molecular weight is 432 g/mol. The smallest absolute Gasteiger partial charge is 0.310 e. The lowest BCUT2D eigenvalue weighted by atomic mass is 9.97. The molecule has 0 unspecified atom stereocenters. The van der Waals surface area contributed by atoms with Gasteiger partial charge < -0.3 is 9.84 Å². The minimum absolute atomic E-state index is 0.396. The van der Waals surface area contributed by atoms with Crippen LogP contribution in [0.5, 0.6) is 5.75 Å². The van der Waals surface area contributed by atoms with Gasteiger partial charge in [-0.05, 0) is 59.9 Å². The first-order valence-corrected chi connectivity index (χ1v) is 10.4. The van der Waals surface area contributed by atoms with Crippen LogP contribution >= 0.6 is 11.6 Å². The van der Waals surface area contributed by atoms with Crippen LogP contribution in [0, 0.1) is 6.92 Å². The van der Waals surface area contributed by atoms with Crippen LogP contribution in [0.25, 0.3) is 22.0 Å². The second-order valence-corrected chi connectivity index (χ2v) is 7.98. The molecule has 0 radical (unpaired) electrons. The van der Waals surface area contributed by atoms with Gasteiger partial charge in [0.25, 0.3) is 0 Å². The van der Waals surface area contributed by atoms with Crippen LogP contribution in [0.1, 0.15) is 29.5 Å². The van der Waals surface area contributed by atoms with E-state index in [1.54, 1.807) is 6.92 Å². The fourth-order valence-corrected chi connectivity index (χ4v) is 3.85. The number of hydrogen-bond acceptors (Lipinski definition) is 3. The van der Waals surface area contributed by atoms with Gasteiger partial charge in [0.1, 0.15) is 12.4 Å². The summed E-state index contributed by atoms with van der Waals surface area (Å²) >= 11 is 6.35. The van der Waals surface area contributed by atoms with Gasteiger partial charge in [-0.15, -0.1) is 0 Å². The van der Waals surface area contributed by atoms with Gasteiger partial charge in [-0.2, -0.15) is 0 Å². The van der Waals surface area contributed by atoms with Crippen LogP contribution in [0.4, 0.5) is 0 Å². The summed E-state index contributed by atoms with van der Waals surface area (Å²) in [5.41, 5.74) is 5.73. The Labute approximate surface area is 186 Å². The molecule has 0 spiro atoms. The van der Waals surface area contributed by atoms with Crippen molar-refractivity contribution in [1.29, 1.82) is 0 Å². The topological polar surface area (TPSA) is 59.4 Å². The van der Waals surface area contributed by atoms with Crippen molar-refractivity contribution in [3.8, 4) is 16.9 Å². The molecule has 0 saturated carbocycles. The second-order valence-electron chi connectivity index (χ2n) is 7.57. The molecular weight excluding hydrogens is 410 g/mol. The average Bonchev–Trinajstić information content (AvgIpc) is 2.77. The lowest BCUT2D eigenvalue weighted by molar-refractivity contribution is -0.138. The number of carboxylic acids is 1. The van der Waals surface area contributed by atoms with E-state index < -0.39 is 11.9 Å². The van der Waals surface area contributed by atoms with E-state index in [1.165, 1.54) is 0 Å². The standard InChI is InChI=1S/C26H22ClNO3/c1-16-14-28-25-22(7-4-8-23(25)27)24(16)20-5-3-6-21(13-20)31-15-18-9-11-19(12-10-18)17(2)26(29)30/h3-14,17H,15H2,1-2H3,(H,29,30)/t17-/m1/s1. The van der Waals surface area contributed by atoms with Gasteiger partial charge in [0.15, 0.2) is 0 Å². The van der Waals surface area contributed by atoms with Crippen LogP contribution < -0.4 is 4.74 Å². The third-order valence-electron chi connectivity index (χ3n) is 5.42. The zero-order valence-corrected chi connectivity index (χ0v) is 18.1. The summed E-state index contributed by atoms with van der Waals surface area (Å²) in [5.74, 6) is -0.605. The van der Waals surface area contributed by atoms with Crippen molar-refractivity contribution in [3.05, 3.63) is 94.6 Å². The molecular formula is C26H22ClNO3. The zero-order chi connectivity index (χ0) is 22.0. The molecule has 1 atom stereocenters. The van der Waals surface area contributed by atoms with Gasteiger partial charge in [0, 0.05) is 11.6 Å². The Balaban J connectivity index is 1.58. The van der Waals surface area contributed by atoms with Gasteiger partial charge in [0.05, 0.1) is 16.5 Å². The first kappa shape index (κ1) is 20.9. The Bertz CT molecular complexity index is 1250. The number of pyridine rings is 1. The number of ether oxygens (including phenoxy) is 1. The van der Waals surface area contributed by atoms with Gasteiger partial charge in [-0.3, -0.25) is 9.78 Å². The number of halogens is 1. The Morgan fingerprint density at radius 2 is 1.84 bits per heavy atom. The van der Waals surface area contributed by atoms with E-state index in [9.17, 15) is 4.79 Å². The molecule has 0 fully saturated rings. The van der Waals surface area contributed by atoms with E-state index in [0.717, 1.165) is 44.5 Å². The Hall–Kier alpha value is -3.37. The highest BCUT2D eigenvalue weighted by Gasteiger charge is 2.13. The molecule has 4 rings (SSSR count). The van der Waals surface area contributed by atoms with Gasteiger partial charge in [0.2, 0.25) is 0 Å². The van der Waals surface area contributed by atoms with E-state index in [1.807, 2.05) is 73.8 Å². The number of benzene rings is 3. The number of para-hydroxylation sites is 1. The maximum Gasteiger partial charge on any atom is 0.310 e. The third-order valence-corrected chi connectivity index (χ3v) is 5.72. The fourth-order valence-electron chi connectivity index (χ4n) is 3.62. The monoisotopic (exact) mass is 431 g/mol. The molecule has 0 aliphatic heterocycles. The molecule has 1 N–H and O–H groups in total. The highest BCUT2D eigenvalue weighted by Crippen LogP contribution is 2.35. The largest absolute Gasteiger partial charge is 0.489 e. The minimum atomic E-state index is -0.832. The molecule has 0 saturated heterocycles. The van der Waals surface area contributed by atoms with Crippen LogP contribution in [0.2, 0.25) is 5.02 Å². The molecule has 0 aliphatic carbocycles. The number of aliphatic carboxylic acids is 1. The van der Waals surface area contributed by atoms with E-state index in [-0.39, 0.29) is 0 Å². The summed E-state index contributed by atoms with van der Waals surface area (Å²) in [6.07, 6.45) is 1.84. The van der Waals surface area contributed by atoms with Crippen molar-refractivity contribution in [2.24, 2.45) is 0 Å². The number of fused-ring (bicyclic) bond motifs is 1. The molecule has 4 aromatic rings. The quantitative estimate of drug-likeness (QED) is 0.372. The number of aromatic nitrogens is 1. The van der Waals surface area contributed by atoms with Crippen LogP contribution in [0.3, 0.4) is 0 Å². The summed E-state index contributed by atoms with van der Waals surface area (Å²) in [6.45, 7) is 4.11. The highest BCUT2D eigenvalue weighted by atomic mass is 35.5. The number of aryl methyl sites for hydroxylation is 1. The van der Waals surface area contributed by atoms with Crippen LogP contribution in [-0.2, 0) is 11.4 Å². The van der Waals surface area contributed by atoms with Crippen molar-refractivity contribution in [3.63, 3.8) is 0 Å². The van der Waals surface area contributed by atoms with Crippen molar-refractivity contribution >= 4 is 28.5 Å². The lowest BCUT2D eigenvalue weighted by Crippen LogP contribution is -2.07. The Morgan fingerprint density at radius 1 is 1.10 bits per heavy atom. The molecule has 5 heteroatoms. The summed E-state index contributed by atoms with van der Waals surface area (Å²) in [6, 6.07) is 21.3. The molecule has 156 valence electrons.